The van der Waals surface area contributed by atoms with Crippen LogP contribution in [0.4, 0.5) is 0 Å². The number of hydrogen-bond donors (Lipinski definition) is 0. The molecular weight excluding hydrogens is 364 g/mol. The summed E-state index contributed by atoms with van der Waals surface area (Å²) in [7, 11) is 0. The van der Waals surface area contributed by atoms with Crippen LogP contribution in [0.2, 0.25) is 0 Å². The Balaban J connectivity index is 1.65. The van der Waals surface area contributed by atoms with Crippen molar-refractivity contribution in [3.05, 3.63) is 103 Å². The summed E-state index contributed by atoms with van der Waals surface area (Å²) in [5, 5.41) is 5.63. The summed E-state index contributed by atoms with van der Waals surface area (Å²) in [4.78, 5) is 13.9. The van der Waals surface area contributed by atoms with Crippen LogP contribution in [0.25, 0.3) is 27.5 Å². The van der Waals surface area contributed by atoms with Crippen molar-refractivity contribution in [2.75, 3.05) is 0 Å². The van der Waals surface area contributed by atoms with Gasteiger partial charge in [0.2, 0.25) is 0 Å². The average molecular weight is 380 g/mol. The van der Waals surface area contributed by atoms with Crippen molar-refractivity contribution in [3.8, 4) is 22.5 Å². The molecule has 28 heavy (non-hydrogen) atoms. The number of thioether (sulfide) groups is 1. The van der Waals surface area contributed by atoms with Crippen LogP contribution in [0.5, 0.6) is 0 Å². The van der Waals surface area contributed by atoms with E-state index < -0.39 is 0 Å². The van der Waals surface area contributed by atoms with Gasteiger partial charge in [-0.15, -0.1) is 0 Å². The van der Waals surface area contributed by atoms with Crippen LogP contribution in [0.15, 0.2) is 102 Å². The second-order valence-electron chi connectivity index (χ2n) is 6.50. The van der Waals surface area contributed by atoms with Crippen molar-refractivity contribution >= 4 is 22.6 Å². The van der Waals surface area contributed by atoms with Crippen LogP contribution in [0.3, 0.4) is 0 Å². The summed E-state index contributed by atoms with van der Waals surface area (Å²) in [5.74, 6) is -0.0230. The Bertz CT molecular complexity index is 1190. The molecule has 0 N–H and O–H groups in total. The predicted octanol–water partition coefficient (Wildman–Crippen LogP) is 6.00. The van der Waals surface area contributed by atoms with Crippen LogP contribution in [-0.4, -0.2) is 15.6 Å². The predicted molar refractivity (Wildman–Crippen MR) is 114 cm³/mol. The SMILES string of the molecule is O=C(/C=C1/Sc2ccccc2-c2cc(-c3ccccc3)nn21)c1ccccc1. The molecule has 1 aliphatic rings. The minimum Gasteiger partial charge on any atom is -0.289 e. The van der Waals surface area contributed by atoms with E-state index in [4.69, 9.17) is 5.10 Å². The van der Waals surface area contributed by atoms with Crippen molar-refractivity contribution in [1.82, 2.24) is 9.78 Å². The van der Waals surface area contributed by atoms with Crippen molar-refractivity contribution in [2.45, 2.75) is 4.90 Å². The van der Waals surface area contributed by atoms with Crippen LogP contribution in [0.1, 0.15) is 10.4 Å². The number of rotatable bonds is 3. The van der Waals surface area contributed by atoms with Crippen molar-refractivity contribution in [1.29, 1.82) is 0 Å². The molecule has 0 amide bonds. The number of hydrogen-bond acceptors (Lipinski definition) is 3. The number of benzene rings is 3. The van der Waals surface area contributed by atoms with Crippen LogP contribution < -0.4 is 0 Å². The van der Waals surface area contributed by atoms with Gasteiger partial charge in [0.1, 0.15) is 5.03 Å². The van der Waals surface area contributed by atoms with Crippen LogP contribution >= 0.6 is 11.8 Å². The zero-order valence-corrected chi connectivity index (χ0v) is 15.8. The molecule has 1 aliphatic heterocycles. The number of aromatic nitrogens is 2. The topological polar surface area (TPSA) is 34.9 Å². The van der Waals surface area contributed by atoms with E-state index >= 15 is 0 Å². The first-order valence-electron chi connectivity index (χ1n) is 9.04. The molecule has 3 aromatic carbocycles. The molecule has 0 fully saturated rings. The van der Waals surface area contributed by atoms with Gasteiger partial charge in [-0.05, 0) is 12.1 Å². The zero-order valence-electron chi connectivity index (χ0n) is 14.9. The number of carbonyl (C=O) groups excluding carboxylic acids is 1. The van der Waals surface area contributed by atoms with E-state index in [1.165, 1.54) is 0 Å². The number of carbonyl (C=O) groups is 1. The van der Waals surface area contributed by atoms with E-state index in [2.05, 4.69) is 18.2 Å². The van der Waals surface area contributed by atoms with Crippen molar-refractivity contribution in [2.24, 2.45) is 0 Å². The molecule has 134 valence electrons. The largest absolute Gasteiger partial charge is 0.289 e. The van der Waals surface area contributed by atoms with E-state index in [0.717, 1.165) is 32.4 Å². The van der Waals surface area contributed by atoms with E-state index in [1.807, 2.05) is 77.5 Å². The molecular formula is C24H16N2OS. The maximum absolute atomic E-state index is 12.8. The van der Waals surface area contributed by atoms with Gasteiger partial charge in [-0.3, -0.25) is 4.79 Å². The summed E-state index contributed by atoms with van der Waals surface area (Å²) in [6, 6.07) is 29.8. The van der Waals surface area contributed by atoms with Crippen molar-refractivity contribution in [3.63, 3.8) is 0 Å². The minimum absolute atomic E-state index is 0.0230. The van der Waals surface area contributed by atoms with Gasteiger partial charge >= 0.3 is 0 Å². The maximum atomic E-state index is 12.8. The Labute approximate surface area is 167 Å². The van der Waals surface area contributed by atoms with Gasteiger partial charge < -0.3 is 0 Å². The standard InChI is InChI=1S/C24H16N2OS/c27-22(18-11-5-2-6-12-18)16-24-26-21(19-13-7-8-14-23(19)28-24)15-20(25-26)17-9-3-1-4-10-17/h1-16H/b24-16+. The monoisotopic (exact) mass is 380 g/mol. The van der Waals surface area contributed by atoms with E-state index in [0.29, 0.717) is 5.56 Å². The van der Waals surface area contributed by atoms with E-state index in [-0.39, 0.29) is 5.78 Å². The highest BCUT2D eigenvalue weighted by Gasteiger charge is 2.24. The van der Waals surface area contributed by atoms with Gasteiger partial charge in [0.15, 0.2) is 5.78 Å². The minimum atomic E-state index is -0.0230. The fraction of sp³-hybridized carbons (Fsp3) is 0. The lowest BCUT2D eigenvalue weighted by Crippen LogP contribution is -2.07. The van der Waals surface area contributed by atoms with E-state index in [1.54, 1.807) is 17.8 Å². The lowest BCUT2D eigenvalue weighted by atomic mass is 10.1. The van der Waals surface area contributed by atoms with Gasteiger partial charge in [0, 0.05) is 27.7 Å². The Morgan fingerprint density at radius 2 is 1.54 bits per heavy atom. The maximum Gasteiger partial charge on any atom is 0.188 e. The molecule has 0 spiro atoms. The highest BCUT2D eigenvalue weighted by atomic mass is 32.2. The van der Waals surface area contributed by atoms with Gasteiger partial charge in [0.25, 0.3) is 0 Å². The second kappa shape index (κ2) is 6.98. The molecule has 0 aliphatic carbocycles. The molecule has 0 atom stereocenters. The third kappa shape index (κ3) is 2.98. The average Bonchev–Trinajstić information content (AvgIpc) is 3.21. The first-order chi connectivity index (χ1) is 13.8. The van der Waals surface area contributed by atoms with Gasteiger partial charge in [-0.25, -0.2) is 4.68 Å². The van der Waals surface area contributed by atoms with Gasteiger partial charge in [0.05, 0.1) is 11.4 Å². The fourth-order valence-electron chi connectivity index (χ4n) is 3.30. The molecule has 5 rings (SSSR count). The molecule has 0 radical (unpaired) electrons. The number of ketones is 1. The van der Waals surface area contributed by atoms with Crippen LogP contribution in [-0.2, 0) is 0 Å². The number of fused-ring (bicyclic) bond motifs is 3. The third-order valence-corrected chi connectivity index (χ3v) is 5.75. The number of allylic oxidation sites excluding steroid dienone is 1. The third-order valence-electron chi connectivity index (χ3n) is 4.68. The molecule has 0 saturated heterocycles. The Morgan fingerprint density at radius 1 is 0.857 bits per heavy atom. The second-order valence-corrected chi connectivity index (χ2v) is 7.57. The van der Waals surface area contributed by atoms with Crippen LogP contribution in [0, 0.1) is 0 Å². The first-order valence-corrected chi connectivity index (χ1v) is 9.85. The zero-order chi connectivity index (χ0) is 18.9. The smallest absolute Gasteiger partial charge is 0.188 e. The highest BCUT2D eigenvalue weighted by molar-refractivity contribution is 8.08. The summed E-state index contributed by atoms with van der Waals surface area (Å²) < 4.78 is 1.89. The lowest BCUT2D eigenvalue weighted by molar-refractivity contribution is 0.104. The van der Waals surface area contributed by atoms with Gasteiger partial charge in [-0.1, -0.05) is 90.6 Å². The molecule has 0 saturated carbocycles. The highest BCUT2D eigenvalue weighted by Crippen LogP contribution is 2.45. The van der Waals surface area contributed by atoms with E-state index in [9.17, 15) is 4.79 Å². The van der Waals surface area contributed by atoms with Gasteiger partial charge in [-0.2, -0.15) is 5.10 Å². The Kier molecular flexibility index (Phi) is 4.18. The molecule has 4 heteroatoms. The van der Waals surface area contributed by atoms with Crippen molar-refractivity contribution < 1.29 is 4.79 Å². The fourth-order valence-corrected chi connectivity index (χ4v) is 4.35. The summed E-state index contributed by atoms with van der Waals surface area (Å²) >= 11 is 1.57. The molecule has 4 aromatic rings. The summed E-state index contributed by atoms with van der Waals surface area (Å²) in [6.45, 7) is 0. The molecule has 2 heterocycles. The Morgan fingerprint density at radius 3 is 2.32 bits per heavy atom. The molecule has 0 bridgehead atoms. The Hall–Kier alpha value is -3.37. The summed E-state index contributed by atoms with van der Waals surface area (Å²) in [5.41, 5.74) is 4.75. The molecule has 0 unspecified atom stereocenters. The molecule has 3 nitrogen and oxygen atoms in total. The molecule has 1 aromatic heterocycles. The first kappa shape index (κ1) is 16.8. The quantitative estimate of drug-likeness (QED) is 0.323. The lowest BCUT2D eigenvalue weighted by Gasteiger charge is -2.19. The number of nitrogens with zero attached hydrogens (tertiary/aromatic N) is 2. The normalized spacial score (nSPS) is 13.8. The summed E-state index contributed by atoms with van der Waals surface area (Å²) in [6.07, 6.45) is 1.68.